The fourth-order valence-electron chi connectivity index (χ4n) is 5.41. The Balaban J connectivity index is 1.24. The van der Waals surface area contributed by atoms with Gasteiger partial charge < -0.3 is 10.6 Å². The van der Waals surface area contributed by atoms with E-state index in [-0.39, 0.29) is 35.4 Å². The molecule has 0 radical (unpaired) electrons. The summed E-state index contributed by atoms with van der Waals surface area (Å²) in [6.45, 7) is 2.53. The zero-order chi connectivity index (χ0) is 27.9. The molecular weight excluding hydrogens is 522 g/mol. The van der Waals surface area contributed by atoms with Gasteiger partial charge in [0.2, 0.25) is 11.8 Å². The summed E-state index contributed by atoms with van der Waals surface area (Å²) in [6.07, 6.45) is 7.45. The number of nitrogens with one attached hydrogen (secondary N) is 2. The average Bonchev–Trinajstić information content (AvgIpc) is 3.32. The molecule has 0 saturated heterocycles. The van der Waals surface area contributed by atoms with Crippen molar-refractivity contribution in [3.05, 3.63) is 65.7 Å². The molecule has 2 aromatic rings. The molecule has 2 heterocycles. The molecular formula is C31H37N5O3S. The van der Waals surface area contributed by atoms with E-state index < -0.39 is 6.04 Å². The number of nitrogens with zero attached hydrogens (tertiary/aromatic N) is 3. The number of benzene rings is 2. The van der Waals surface area contributed by atoms with Gasteiger partial charge in [-0.05, 0) is 49.8 Å². The van der Waals surface area contributed by atoms with Gasteiger partial charge in [-0.1, -0.05) is 80.4 Å². The van der Waals surface area contributed by atoms with E-state index >= 15 is 0 Å². The lowest BCUT2D eigenvalue weighted by Crippen LogP contribution is -2.45. The lowest BCUT2D eigenvalue weighted by molar-refractivity contribution is -0.125. The van der Waals surface area contributed by atoms with Crippen molar-refractivity contribution < 1.29 is 14.4 Å². The second kappa shape index (κ2) is 13.3. The molecule has 2 atom stereocenters. The maximum atomic E-state index is 13.6. The number of carbonyl (C=O) groups is 3. The standard InChI is InChI=1S/C31H37N5O3S/c1-2-26(29(38)33-22-13-7-4-8-14-22)40-31-35-24-16-10-9-15-23(24)28-34-25(30(39)36(28)31)17-18-27(37)32-20-19-21-11-5-3-6-12-21/h3,5-6,9-12,15-16,22,25-26H,2,4,7-8,13-14,17-20H2,1H3,(H,32,37)(H,33,38)/t25-,26-/m1/s1. The quantitative estimate of drug-likeness (QED) is 0.439. The molecule has 0 bridgehead atoms. The number of hydrogen-bond acceptors (Lipinski definition) is 6. The van der Waals surface area contributed by atoms with Crippen LogP contribution in [0.5, 0.6) is 0 Å². The van der Waals surface area contributed by atoms with Gasteiger partial charge in [-0.25, -0.2) is 9.89 Å². The summed E-state index contributed by atoms with van der Waals surface area (Å²) in [5, 5.41) is 6.29. The first kappa shape index (κ1) is 28.1. The largest absolute Gasteiger partial charge is 0.356 e. The highest BCUT2D eigenvalue weighted by molar-refractivity contribution is 8.15. The summed E-state index contributed by atoms with van der Waals surface area (Å²) in [7, 11) is 0. The highest BCUT2D eigenvalue weighted by atomic mass is 32.2. The molecule has 2 N–H and O–H groups in total. The third-order valence-electron chi connectivity index (χ3n) is 7.63. The van der Waals surface area contributed by atoms with Gasteiger partial charge in [0.05, 0.1) is 10.9 Å². The highest BCUT2D eigenvalue weighted by Gasteiger charge is 2.42. The minimum absolute atomic E-state index is 0.00480. The third-order valence-corrected chi connectivity index (χ3v) is 8.95. The van der Waals surface area contributed by atoms with Crippen LogP contribution in [-0.2, 0) is 20.8 Å². The molecule has 3 amide bonds. The molecule has 5 rings (SSSR count). The molecule has 1 fully saturated rings. The van der Waals surface area contributed by atoms with E-state index in [1.165, 1.54) is 18.2 Å². The Bertz CT molecular complexity index is 1290. The summed E-state index contributed by atoms with van der Waals surface area (Å²) in [6, 6.07) is 17.2. The second-order valence-corrected chi connectivity index (χ2v) is 11.7. The average molecular weight is 560 g/mol. The lowest BCUT2D eigenvalue weighted by Gasteiger charge is -2.29. The Hall–Kier alpha value is -3.46. The number of rotatable bonds is 10. The van der Waals surface area contributed by atoms with Crippen molar-refractivity contribution in [2.75, 3.05) is 6.54 Å². The minimum atomic E-state index is -0.664. The van der Waals surface area contributed by atoms with Crippen LogP contribution in [0.4, 0.5) is 5.69 Å². The van der Waals surface area contributed by atoms with Crippen LogP contribution in [-0.4, -0.2) is 57.5 Å². The molecule has 210 valence electrons. The monoisotopic (exact) mass is 559 g/mol. The molecule has 2 aromatic carbocycles. The second-order valence-electron chi connectivity index (χ2n) is 10.5. The van der Waals surface area contributed by atoms with Crippen molar-refractivity contribution >= 4 is 46.2 Å². The van der Waals surface area contributed by atoms with E-state index in [0.717, 1.165) is 48.9 Å². The first-order valence-electron chi connectivity index (χ1n) is 14.4. The predicted octanol–water partition coefficient (Wildman–Crippen LogP) is 4.74. The smallest absolute Gasteiger partial charge is 0.259 e. The van der Waals surface area contributed by atoms with Crippen LogP contribution >= 0.6 is 11.8 Å². The van der Waals surface area contributed by atoms with Gasteiger partial charge in [-0.2, -0.15) is 0 Å². The van der Waals surface area contributed by atoms with Gasteiger partial charge >= 0.3 is 0 Å². The number of para-hydroxylation sites is 1. The molecule has 1 saturated carbocycles. The SMILES string of the molecule is CC[C@@H](SC1=Nc2ccccc2C2=N[C@H](CCC(=O)NCCc3ccccc3)C(=O)N12)C(=O)NC1CCCCC1. The molecule has 1 aliphatic carbocycles. The van der Waals surface area contributed by atoms with Crippen molar-refractivity contribution in [2.45, 2.75) is 82.0 Å². The number of fused-ring (bicyclic) bond motifs is 3. The number of hydrogen-bond donors (Lipinski definition) is 2. The number of carbonyl (C=O) groups excluding carboxylic acids is 3. The van der Waals surface area contributed by atoms with Crippen LogP contribution in [0, 0.1) is 0 Å². The molecule has 8 nitrogen and oxygen atoms in total. The topological polar surface area (TPSA) is 103 Å². The number of thioether (sulfide) groups is 1. The van der Waals surface area contributed by atoms with Gasteiger partial charge in [0.1, 0.15) is 11.9 Å². The summed E-state index contributed by atoms with van der Waals surface area (Å²) in [5.74, 6) is 0.253. The normalized spacial score (nSPS) is 19.3. The number of amides is 3. The fourth-order valence-corrected chi connectivity index (χ4v) is 6.44. The maximum Gasteiger partial charge on any atom is 0.259 e. The Labute approximate surface area is 240 Å². The summed E-state index contributed by atoms with van der Waals surface area (Å²) < 4.78 is 0. The number of amidine groups is 2. The van der Waals surface area contributed by atoms with Crippen molar-refractivity contribution in [1.82, 2.24) is 15.5 Å². The summed E-state index contributed by atoms with van der Waals surface area (Å²) in [5.41, 5.74) is 2.68. The number of aliphatic imine (C=N–C) groups is 2. The molecule has 40 heavy (non-hydrogen) atoms. The molecule has 0 aromatic heterocycles. The lowest BCUT2D eigenvalue weighted by atomic mass is 9.95. The Kier molecular flexibility index (Phi) is 9.31. The van der Waals surface area contributed by atoms with E-state index in [0.29, 0.717) is 30.4 Å². The van der Waals surface area contributed by atoms with Crippen LogP contribution in [0.2, 0.25) is 0 Å². The van der Waals surface area contributed by atoms with E-state index in [1.54, 1.807) is 4.90 Å². The molecule has 3 aliphatic rings. The van der Waals surface area contributed by atoms with Gasteiger partial charge in [0.15, 0.2) is 5.17 Å². The Morgan fingerprint density at radius 2 is 1.80 bits per heavy atom. The van der Waals surface area contributed by atoms with Crippen molar-refractivity contribution in [3.63, 3.8) is 0 Å². The van der Waals surface area contributed by atoms with Gasteiger partial charge in [0.25, 0.3) is 5.91 Å². The fraction of sp³-hybridized carbons (Fsp3) is 0.452. The van der Waals surface area contributed by atoms with Crippen LogP contribution in [0.3, 0.4) is 0 Å². The predicted molar refractivity (Wildman–Crippen MR) is 160 cm³/mol. The van der Waals surface area contributed by atoms with E-state index in [2.05, 4.69) is 10.6 Å². The maximum absolute atomic E-state index is 13.6. The van der Waals surface area contributed by atoms with Crippen LogP contribution in [0.1, 0.15) is 69.4 Å². The van der Waals surface area contributed by atoms with Crippen LogP contribution in [0.25, 0.3) is 0 Å². The highest BCUT2D eigenvalue weighted by Crippen LogP contribution is 2.36. The van der Waals surface area contributed by atoms with Gasteiger partial charge in [-0.3, -0.25) is 19.4 Å². The minimum Gasteiger partial charge on any atom is -0.356 e. The first-order valence-corrected chi connectivity index (χ1v) is 15.3. The Morgan fingerprint density at radius 3 is 2.58 bits per heavy atom. The van der Waals surface area contributed by atoms with Gasteiger partial charge in [-0.15, -0.1) is 0 Å². The molecule has 0 spiro atoms. The first-order chi connectivity index (χ1) is 19.5. The molecule has 9 heteroatoms. The zero-order valence-electron chi connectivity index (χ0n) is 23.0. The van der Waals surface area contributed by atoms with Gasteiger partial charge in [0, 0.05) is 24.6 Å². The van der Waals surface area contributed by atoms with E-state index in [4.69, 9.17) is 9.98 Å². The van der Waals surface area contributed by atoms with E-state index in [1.807, 2.05) is 61.5 Å². The molecule has 0 unspecified atom stereocenters. The van der Waals surface area contributed by atoms with Crippen LogP contribution < -0.4 is 10.6 Å². The summed E-state index contributed by atoms with van der Waals surface area (Å²) in [4.78, 5) is 50.5. The molecule has 2 aliphatic heterocycles. The van der Waals surface area contributed by atoms with E-state index in [9.17, 15) is 14.4 Å². The van der Waals surface area contributed by atoms with Crippen molar-refractivity contribution in [3.8, 4) is 0 Å². The Morgan fingerprint density at radius 1 is 1.05 bits per heavy atom. The summed E-state index contributed by atoms with van der Waals surface area (Å²) >= 11 is 1.32. The zero-order valence-corrected chi connectivity index (χ0v) is 23.8. The van der Waals surface area contributed by atoms with Crippen molar-refractivity contribution in [2.24, 2.45) is 9.98 Å². The third kappa shape index (κ3) is 6.63. The van der Waals surface area contributed by atoms with Crippen molar-refractivity contribution in [1.29, 1.82) is 0 Å². The van der Waals surface area contributed by atoms with Crippen LogP contribution in [0.15, 0.2) is 64.6 Å².